The second-order valence-corrected chi connectivity index (χ2v) is 10.6. The van der Waals surface area contributed by atoms with Gasteiger partial charge >= 0.3 is 5.76 Å². The Balaban J connectivity index is 1.61. The zero-order chi connectivity index (χ0) is 21.5. The van der Waals surface area contributed by atoms with Gasteiger partial charge in [-0.3, -0.25) is 9.36 Å². The van der Waals surface area contributed by atoms with Gasteiger partial charge in [-0.1, -0.05) is 13.8 Å². The lowest BCUT2D eigenvalue weighted by Crippen LogP contribution is -2.42. The highest BCUT2D eigenvalue weighted by Crippen LogP contribution is 2.28. The summed E-state index contributed by atoms with van der Waals surface area (Å²) < 4.78 is 34.1. The van der Waals surface area contributed by atoms with Gasteiger partial charge in [0.1, 0.15) is 6.54 Å². The number of rotatable bonds is 5. The molecule has 1 saturated heterocycles. The minimum atomic E-state index is -3.70. The maximum Gasteiger partial charge on any atom is 0.420 e. The molecule has 3 aromatic rings. The Morgan fingerprint density at radius 3 is 2.70 bits per heavy atom. The van der Waals surface area contributed by atoms with E-state index < -0.39 is 21.7 Å². The van der Waals surface area contributed by atoms with E-state index >= 15 is 0 Å². The molecule has 1 fully saturated rings. The van der Waals surface area contributed by atoms with E-state index in [2.05, 4.69) is 10.3 Å². The first-order valence-corrected chi connectivity index (χ1v) is 11.9. The molecule has 30 heavy (non-hydrogen) atoms. The number of hydrogen-bond donors (Lipinski definition) is 1. The standard InChI is InChI=1S/C19H22N4O5S2/c1-12-7-13(2)10-22(9-12)30(26,27)14-3-4-15-16(8-14)28-19(25)23(15)11-17(24)21-18-20-5-6-29-18/h3-6,8,12-13H,7,9-11H2,1-2H3,(H,20,21,24). The monoisotopic (exact) mass is 450 g/mol. The van der Waals surface area contributed by atoms with Crippen LogP contribution in [0.15, 0.2) is 43.9 Å². The zero-order valence-electron chi connectivity index (χ0n) is 16.6. The molecule has 2 unspecified atom stereocenters. The second-order valence-electron chi connectivity index (χ2n) is 7.74. The van der Waals surface area contributed by atoms with E-state index in [0.717, 1.165) is 6.42 Å². The van der Waals surface area contributed by atoms with Crippen LogP contribution in [0.4, 0.5) is 5.13 Å². The highest BCUT2D eigenvalue weighted by molar-refractivity contribution is 7.89. The van der Waals surface area contributed by atoms with Crippen LogP contribution in [-0.2, 0) is 21.4 Å². The first-order chi connectivity index (χ1) is 14.2. The van der Waals surface area contributed by atoms with Crippen molar-refractivity contribution in [1.82, 2.24) is 13.9 Å². The Morgan fingerprint density at radius 2 is 2.03 bits per heavy atom. The van der Waals surface area contributed by atoms with Crippen molar-refractivity contribution in [3.05, 3.63) is 40.3 Å². The summed E-state index contributed by atoms with van der Waals surface area (Å²) >= 11 is 1.26. The molecule has 0 saturated carbocycles. The number of thiazole rings is 1. The van der Waals surface area contributed by atoms with Crippen LogP contribution in [0.5, 0.6) is 0 Å². The molecule has 1 amide bonds. The molecule has 2 aromatic heterocycles. The number of benzene rings is 1. The topological polar surface area (TPSA) is 115 Å². The number of hydrogen-bond acceptors (Lipinski definition) is 7. The van der Waals surface area contributed by atoms with Crippen molar-refractivity contribution in [3.63, 3.8) is 0 Å². The number of carbonyl (C=O) groups excluding carboxylic acids is 1. The summed E-state index contributed by atoms with van der Waals surface area (Å²) in [6.45, 7) is 4.74. The highest BCUT2D eigenvalue weighted by atomic mass is 32.2. The van der Waals surface area contributed by atoms with Gasteiger partial charge in [0.05, 0.1) is 10.4 Å². The van der Waals surface area contributed by atoms with Crippen molar-refractivity contribution in [3.8, 4) is 0 Å². The van der Waals surface area contributed by atoms with Gasteiger partial charge < -0.3 is 9.73 Å². The van der Waals surface area contributed by atoms with Gasteiger partial charge in [0, 0.05) is 30.7 Å². The third kappa shape index (κ3) is 4.05. The van der Waals surface area contributed by atoms with E-state index in [9.17, 15) is 18.0 Å². The molecule has 1 N–H and O–H groups in total. The lowest BCUT2D eigenvalue weighted by Gasteiger charge is -2.34. The summed E-state index contributed by atoms with van der Waals surface area (Å²) in [5, 5.41) is 4.76. The second kappa shape index (κ2) is 7.97. The van der Waals surface area contributed by atoms with Crippen LogP contribution >= 0.6 is 11.3 Å². The van der Waals surface area contributed by atoms with Gasteiger partial charge in [0.15, 0.2) is 10.7 Å². The fourth-order valence-electron chi connectivity index (χ4n) is 3.90. The van der Waals surface area contributed by atoms with Crippen LogP contribution in [-0.4, -0.2) is 41.3 Å². The van der Waals surface area contributed by atoms with Gasteiger partial charge in [-0.05, 0) is 30.4 Å². The molecule has 4 rings (SSSR count). The Hall–Kier alpha value is -2.50. The minimum Gasteiger partial charge on any atom is -0.408 e. The van der Waals surface area contributed by atoms with Crippen molar-refractivity contribution in [2.24, 2.45) is 11.8 Å². The normalized spacial score (nSPS) is 20.5. The van der Waals surface area contributed by atoms with Crippen LogP contribution in [0.3, 0.4) is 0 Å². The number of aromatic nitrogens is 2. The minimum absolute atomic E-state index is 0.0736. The Labute approximate surface area is 177 Å². The highest BCUT2D eigenvalue weighted by Gasteiger charge is 2.32. The zero-order valence-corrected chi connectivity index (χ0v) is 18.2. The summed E-state index contributed by atoms with van der Waals surface area (Å²) in [6.07, 6.45) is 2.55. The summed E-state index contributed by atoms with van der Waals surface area (Å²) in [4.78, 5) is 28.5. The van der Waals surface area contributed by atoms with Crippen LogP contribution in [0.1, 0.15) is 20.3 Å². The van der Waals surface area contributed by atoms with Crippen molar-refractivity contribution in [1.29, 1.82) is 0 Å². The summed E-state index contributed by atoms with van der Waals surface area (Å²) in [6, 6.07) is 4.30. The van der Waals surface area contributed by atoms with Gasteiger partial charge in [0.2, 0.25) is 15.9 Å². The fraction of sp³-hybridized carbons (Fsp3) is 0.421. The number of nitrogens with zero attached hydrogens (tertiary/aromatic N) is 3. The molecule has 0 aliphatic carbocycles. The van der Waals surface area contributed by atoms with Crippen LogP contribution < -0.4 is 11.1 Å². The average Bonchev–Trinajstić information content (AvgIpc) is 3.28. The molecular weight excluding hydrogens is 428 g/mol. The molecular formula is C19H22N4O5S2. The van der Waals surface area contributed by atoms with Crippen molar-refractivity contribution in [2.75, 3.05) is 18.4 Å². The van der Waals surface area contributed by atoms with E-state index in [0.29, 0.717) is 23.7 Å². The summed E-state index contributed by atoms with van der Waals surface area (Å²) in [5.74, 6) is -0.595. The maximum atomic E-state index is 13.1. The van der Waals surface area contributed by atoms with Crippen molar-refractivity contribution in [2.45, 2.75) is 31.7 Å². The first kappa shape index (κ1) is 20.8. The average molecular weight is 451 g/mol. The largest absolute Gasteiger partial charge is 0.420 e. The third-order valence-corrected chi connectivity index (χ3v) is 7.61. The smallest absolute Gasteiger partial charge is 0.408 e. The fourth-order valence-corrected chi connectivity index (χ4v) is 6.14. The SMILES string of the molecule is CC1CC(C)CN(S(=O)(=O)c2ccc3c(c2)oc(=O)n3CC(=O)Nc2nccs2)C1. The molecule has 1 aromatic carbocycles. The van der Waals surface area contributed by atoms with Gasteiger partial charge in [-0.2, -0.15) is 4.31 Å². The predicted molar refractivity (Wildman–Crippen MR) is 113 cm³/mol. The number of fused-ring (bicyclic) bond motifs is 1. The first-order valence-electron chi connectivity index (χ1n) is 9.57. The quantitative estimate of drug-likeness (QED) is 0.638. The predicted octanol–water partition coefficient (Wildman–Crippen LogP) is 2.36. The number of carbonyl (C=O) groups is 1. The Bertz CT molecular complexity index is 1220. The van der Waals surface area contributed by atoms with E-state index in [4.69, 9.17) is 4.42 Å². The molecule has 2 atom stereocenters. The number of oxazole rings is 1. The molecule has 0 radical (unpaired) electrons. The molecule has 1 aliphatic heterocycles. The van der Waals surface area contributed by atoms with Crippen molar-refractivity contribution < 1.29 is 17.6 Å². The molecule has 0 spiro atoms. The van der Waals surface area contributed by atoms with E-state index in [1.165, 1.54) is 38.4 Å². The Kier molecular flexibility index (Phi) is 5.51. The van der Waals surface area contributed by atoms with Gasteiger partial charge in [-0.15, -0.1) is 11.3 Å². The molecule has 11 heteroatoms. The molecule has 0 bridgehead atoms. The lowest BCUT2D eigenvalue weighted by molar-refractivity contribution is -0.116. The van der Waals surface area contributed by atoms with Gasteiger partial charge in [-0.25, -0.2) is 18.2 Å². The number of piperidine rings is 1. The van der Waals surface area contributed by atoms with Gasteiger partial charge in [0.25, 0.3) is 0 Å². The lowest BCUT2D eigenvalue weighted by atomic mass is 9.94. The van der Waals surface area contributed by atoms with E-state index in [1.54, 1.807) is 11.6 Å². The number of nitrogens with one attached hydrogen (secondary N) is 1. The van der Waals surface area contributed by atoms with Crippen LogP contribution in [0.25, 0.3) is 11.1 Å². The maximum absolute atomic E-state index is 13.1. The molecule has 9 nitrogen and oxygen atoms in total. The van der Waals surface area contributed by atoms with E-state index in [1.807, 2.05) is 13.8 Å². The summed E-state index contributed by atoms with van der Waals surface area (Å²) in [5.41, 5.74) is 0.481. The number of sulfonamides is 1. The summed E-state index contributed by atoms with van der Waals surface area (Å²) in [7, 11) is -3.70. The van der Waals surface area contributed by atoms with E-state index in [-0.39, 0.29) is 28.9 Å². The van der Waals surface area contributed by atoms with Crippen LogP contribution in [0.2, 0.25) is 0 Å². The molecule has 3 heterocycles. The third-order valence-electron chi connectivity index (χ3n) is 5.09. The molecule has 1 aliphatic rings. The van der Waals surface area contributed by atoms with Crippen molar-refractivity contribution >= 4 is 43.5 Å². The number of anilines is 1. The van der Waals surface area contributed by atoms with Crippen LogP contribution in [0, 0.1) is 11.8 Å². The number of amides is 1. The molecule has 160 valence electrons. The Morgan fingerprint density at radius 1 is 1.30 bits per heavy atom.